The predicted octanol–water partition coefficient (Wildman–Crippen LogP) is 3.39. The van der Waals surface area contributed by atoms with Crippen LogP contribution in [0.25, 0.3) is 0 Å². The van der Waals surface area contributed by atoms with E-state index in [1.54, 1.807) is 12.1 Å². The highest BCUT2D eigenvalue weighted by atomic mass is 32.2. The second-order valence-corrected chi connectivity index (χ2v) is 7.91. The Morgan fingerprint density at radius 2 is 2.15 bits per heavy atom. The average molecular weight is 391 g/mol. The van der Waals surface area contributed by atoms with Crippen LogP contribution in [-0.2, 0) is 14.8 Å². The number of hydrogen-bond acceptors (Lipinski definition) is 7. The molecule has 1 atom stereocenters. The quantitative estimate of drug-likeness (QED) is 0.546. The van der Waals surface area contributed by atoms with E-state index in [0.717, 1.165) is 11.3 Å². The number of benzene rings is 1. The fraction of sp³-hybridized carbons (Fsp3) is 0.235. The number of anilines is 1. The molecule has 9 heteroatoms. The highest BCUT2D eigenvalue weighted by Gasteiger charge is 2.25. The number of esters is 1. The van der Waals surface area contributed by atoms with Gasteiger partial charge < -0.3 is 4.74 Å². The van der Waals surface area contributed by atoms with Gasteiger partial charge in [0.05, 0.1) is 17.0 Å². The lowest BCUT2D eigenvalue weighted by molar-refractivity contribution is -0.134. The van der Waals surface area contributed by atoms with Gasteiger partial charge in [-0.15, -0.1) is 17.9 Å². The molecule has 0 spiro atoms. The molecule has 7 nitrogen and oxygen atoms in total. The summed E-state index contributed by atoms with van der Waals surface area (Å²) < 4.78 is 32.7. The van der Waals surface area contributed by atoms with E-state index in [9.17, 15) is 13.2 Å². The Balaban J connectivity index is 2.15. The van der Waals surface area contributed by atoms with Crippen molar-refractivity contribution >= 4 is 32.5 Å². The van der Waals surface area contributed by atoms with E-state index in [2.05, 4.69) is 16.3 Å². The van der Waals surface area contributed by atoms with Crippen LogP contribution < -0.4 is 9.46 Å². The van der Waals surface area contributed by atoms with E-state index in [4.69, 9.17) is 10.00 Å². The number of carbonyl (C=O) groups is 1. The van der Waals surface area contributed by atoms with Gasteiger partial charge in [-0.1, -0.05) is 25.1 Å². The molecule has 1 unspecified atom stereocenters. The van der Waals surface area contributed by atoms with Crippen LogP contribution in [0.1, 0.15) is 36.1 Å². The molecule has 0 amide bonds. The van der Waals surface area contributed by atoms with Crippen LogP contribution in [0, 0.1) is 11.3 Å². The number of rotatable bonds is 8. The molecule has 0 saturated carbocycles. The lowest BCUT2D eigenvalue weighted by atomic mass is 10.1. The molecular formula is C17H17N3O4S2. The molecule has 1 aromatic heterocycles. The Morgan fingerprint density at radius 1 is 1.46 bits per heavy atom. The summed E-state index contributed by atoms with van der Waals surface area (Å²) in [5, 5.41) is 9.35. The summed E-state index contributed by atoms with van der Waals surface area (Å²) in [4.78, 5) is 15.4. The molecule has 0 aliphatic rings. The number of aromatic nitrogens is 1. The lowest BCUT2D eigenvalue weighted by Gasteiger charge is -2.14. The van der Waals surface area contributed by atoms with E-state index in [1.807, 2.05) is 13.0 Å². The van der Waals surface area contributed by atoms with Gasteiger partial charge in [0.15, 0.2) is 5.13 Å². The highest BCUT2D eigenvalue weighted by molar-refractivity contribution is 7.93. The van der Waals surface area contributed by atoms with Gasteiger partial charge in [-0.3, -0.25) is 9.52 Å². The molecule has 0 radical (unpaired) electrons. The van der Waals surface area contributed by atoms with Crippen molar-refractivity contribution < 1.29 is 17.9 Å². The molecule has 1 aromatic carbocycles. The number of thiazole rings is 1. The van der Waals surface area contributed by atoms with Crippen molar-refractivity contribution in [3.05, 3.63) is 53.4 Å². The summed E-state index contributed by atoms with van der Waals surface area (Å²) in [5.41, 5.74) is 0.901. The summed E-state index contributed by atoms with van der Waals surface area (Å²) in [6.07, 6.45) is 2.20. The number of nitrogens with one attached hydrogen (secondary N) is 1. The summed E-state index contributed by atoms with van der Waals surface area (Å²) in [7, 11) is -3.87. The van der Waals surface area contributed by atoms with Crippen molar-refractivity contribution in [1.29, 1.82) is 5.26 Å². The zero-order valence-electron chi connectivity index (χ0n) is 14.0. The van der Waals surface area contributed by atoms with E-state index in [-0.39, 0.29) is 17.4 Å². The standard InChI is InChI=1S/C17H17N3O4S2/c1-3-5-16(21)24-15-11-25-17(19-15)20-26(22,23)14(4-2)13-8-6-12(10-18)7-9-13/h4,6-9,11,14H,2-3,5H2,1H3,(H,19,20). The van der Waals surface area contributed by atoms with E-state index < -0.39 is 21.2 Å². The first-order chi connectivity index (χ1) is 12.4. The Bertz CT molecular complexity index is 928. The third kappa shape index (κ3) is 4.91. The first-order valence-electron chi connectivity index (χ1n) is 7.70. The van der Waals surface area contributed by atoms with Gasteiger partial charge in [-0.2, -0.15) is 10.2 Å². The van der Waals surface area contributed by atoms with E-state index in [1.165, 1.54) is 23.6 Å². The summed E-state index contributed by atoms with van der Waals surface area (Å²) >= 11 is 1.01. The Morgan fingerprint density at radius 3 is 2.73 bits per heavy atom. The van der Waals surface area contributed by atoms with Crippen LogP contribution in [0.2, 0.25) is 0 Å². The average Bonchev–Trinajstić information content (AvgIpc) is 3.02. The van der Waals surface area contributed by atoms with Crippen LogP contribution in [-0.4, -0.2) is 19.4 Å². The molecule has 1 heterocycles. The van der Waals surface area contributed by atoms with Crippen molar-refractivity contribution in [3.8, 4) is 11.9 Å². The molecular weight excluding hydrogens is 374 g/mol. The maximum absolute atomic E-state index is 12.6. The number of ether oxygens (including phenoxy) is 1. The number of sulfonamides is 1. The monoisotopic (exact) mass is 391 g/mol. The minimum absolute atomic E-state index is 0.0553. The second kappa shape index (κ2) is 8.60. The maximum atomic E-state index is 12.6. The van der Waals surface area contributed by atoms with Crippen molar-refractivity contribution in [2.24, 2.45) is 0 Å². The third-order valence-electron chi connectivity index (χ3n) is 3.30. The maximum Gasteiger partial charge on any atom is 0.312 e. The topological polar surface area (TPSA) is 109 Å². The third-order valence-corrected chi connectivity index (χ3v) is 5.78. The van der Waals surface area contributed by atoms with Crippen molar-refractivity contribution in [2.75, 3.05) is 4.72 Å². The molecule has 0 aliphatic heterocycles. The first-order valence-corrected chi connectivity index (χ1v) is 10.1. The second-order valence-electron chi connectivity index (χ2n) is 5.25. The van der Waals surface area contributed by atoms with Crippen LogP contribution in [0.5, 0.6) is 5.88 Å². The summed E-state index contributed by atoms with van der Waals surface area (Å²) in [5.74, 6) is -0.367. The number of carbonyl (C=O) groups excluding carboxylic acids is 1. The molecule has 0 bridgehead atoms. The smallest absolute Gasteiger partial charge is 0.312 e. The van der Waals surface area contributed by atoms with E-state index >= 15 is 0 Å². The summed E-state index contributed by atoms with van der Waals surface area (Å²) in [6, 6.07) is 8.17. The number of nitrogens with zero attached hydrogens (tertiary/aromatic N) is 2. The van der Waals surface area contributed by atoms with Gasteiger partial charge in [0, 0.05) is 6.42 Å². The minimum atomic E-state index is -3.87. The largest absolute Gasteiger partial charge is 0.406 e. The Hall–Kier alpha value is -2.70. The van der Waals surface area contributed by atoms with Gasteiger partial charge in [0.25, 0.3) is 0 Å². The van der Waals surface area contributed by atoms with Crippen LogP contribution in [0.4, 0.5) is 5.13 Å². The molecule has 0 fully saturated rings. The SMILES string of the molecule is C=CC(c1ccc(C#N)cc1)S(=O)(=O)Nc1nc(OC(=O)CCC)cs1. The summed E-state index contributed by atoms with van der Waals surface area (Å²) in [6.45, 7) is 5.43. The van der Waals surface area contributed by atoms with Gasteiger partial charge in [0.1, 0.15) is 5.25 Å². The first kappa shape index (κ1) is 19.6. The number of nitriles is 1. The van der Waals surface area contributed by atoms with Gasteiger partial charge in [0.2, 0.25) is 15.9 Å². The van der Waals surface area contributed by atoms with Crippen molar-refractivity contribution in [1.82, 2.24) is 4.98 Å². The van der Waals surface area contributed by atoms with E-state index in [0.29, 0.717) is 17.5 Å². The molecule has 136 valence electrons. The predicted molar refractivity (Wildman–Crippen MR) is 99.3 cm³/mol. The molecule has 0 saturated heterocycles. The fourth-order valence-corrected chi connectivity index (χ4v) is 4.28. The van der Waals surface area contributed by atoms with Gasteiger partial charge in [-0.05, 0) is 24.1 Å². The van der Waals surface area contributed by atoms with Crippen LogP contribution in [0.3, 0.4) is 0 Å². The lowest BCUT2D eigenvalue weighted by Crippen LogP contribution is -2.20. The zero-order valence-corrected chi connectivity index (χ0v) is 15.6. The zero-order chi connectivity index (χ0) is 19.2. The molecule has 2 rings (SSSR count). The Labute approximate surface area is 156 Å². The fourth-order valence-electron chi connectivity index (χ4n) is 2.10. The molecule has 26 heavy (non-hydrogen) atoms. The van der Waals surface area contributed by atoms with Gasteiger partial charge >= 0.3 is 5.97 Å². The van der Waals surface area contributed by atoms with Crippen molar-refractivity contribution in [3.63, 3.8) is 0 Å². The molecule has 0 aliphatic carbocycles. The normalized spacial score (nSPS) is 12.0. The molecule has 2 aromatic rings. The van der Waals surface area contributed by atoms with Crippen LogP contribution >= 0.6 is 11.3 Å². The van der Waals surface area contributed by atoms with Crippen LogP contribution in [0.15, 0.2) is 42.3 Å². The molecule has 1 N–H and O–H groups in total. The van der Waals surface area contributed by atoms with Gasteiger partial charge in [-0.25, -0.2) is 8.42 Å². The highest BCUT2D eigenvalue weighted by Crippen LogP contribution is 2.29. The minimum Gasteiger partial charge on any atom is -0.406 e. The number of hydrogen-bond donors (Lipinski definition) is 1. The Kier molecular flexibility index (Phi) is 6.49. The van der Waals surface area contributed by atoms with Crippen molar-refractivity contribution in [2.45, 2.75) is 25.0 Å².